The minimum Gasteiger partial charge on any atom is -0.394 e. The highest BCUT2D eigenvalue weighted by Crippen LogP contribution is 2.42. The van der Waals surface area contributed by atoms with Crippen LogP contribution in [0.15, 0.2) is 0 Å². The lowest BCUT2D eigenvalue weighted by molar-refractivity contribution is 0.0555. The molecular formula is C17H34O3Si. The molecule has 2 fully saturated rings. The average Bonchev–Trinajstić information content (AvgIpc) is 3.25. The van der Waals surface area contributed by atoms with Gasteiger partial charge >= 0.3 is 8.56 Å². The molecule has 4 heteroatoms. The second-order valence-electron chi connectivity index (χ2n) is 6.92. The highest BCUT2D eigenvalue weighted by molar-refractivity contribution is 6.66. The molecule has 0 aromatic carbocycles. The summed E-state index contributed by atoms with van der Waals surface area (Å²) < 4.78 is 18.5. The van der Waals surface area contributed by atoms with Gasteiger partial charge in [0.05, 0.1) is 18.3 Å². The zero-order valence-electron chi connectivity index (χ0n) is 14.4. The Labute approximate surface area is 132 Å². The van der Waals surface area contributed by atoms with Crippen LogP contribution in [0.1, 0.15) is 65.7 Å². The van der Waals surface area contributed by atoms with E-state index < -0.39 is 8.56 Å². The molecule has 5 unspecified atom stereocenters. The van der Waals surface area contributed by atoms with Crippen LogP contribution in [0.4, 0.5) is 0 Å². The van der Waals surface area contributed by atoms with Crippen LogP contribution < -0.4 is 0 Å². The van der Waals surface area contributed by atoms with Crippen LogP contribution >= 0.6 is 0 Å². The van der Waals surface area contributed by atoms with Crippen LogP contribution in [0.3, 0.4) is 0 Å². The third-order valence-electron chi connectivity index (χ3n) is 5.09. The first kappa shape index (κ1) is 17.5. The van der Waals surface area contributed by atoms with Crippen molar-refractivity contribution in [1.29, 1.82) is 0 Å². The molecule has 0 radical (unpaired) electrons. The Morgan fingerprint density at radius 2 is 1.95 bits per heavy atom. The number of hydrogen-bond acceptors (Lipinski definition) is 3. The normalized spacial score (nSPS) is 32.3. The molecule has 1 saturated heterocycles. The summed E-state index contributed by atoms with van der Waals surface area (Å²) in [6.45, 7) is 9.82. The Bertz CT molecular complexity index is 312. The monoisotopic (exact) mass is 314 g/mol. The van der Waals surface area contributed by atoms with Gasteiger partial charge in [-0.1, -0.05) is 33.6 Å². The summed E-state index contributed by atoms with van der Waals surface area (Å²) in [7, 11) is -1.99. The first-order chi connectivity index (χ1) is 10.1. The fraction of sp³-hybridized carbons (Fsp3) is 1.00. The molecule has 5 atom stereocenters. The van der Waals surface area contributed by atoms with Crippen molar-refractivity contribution >= 4 is 8.56 Å². The summed E-state index contributed by atoms with van der Waals surface area (Å²) in [5, 5.41) is 0. The van der Waals surface area contributed by atoms with Gasteiger partial charge in [-0.05, 0) is 50.6 Å². The highest BCUT2D eigenvalue weighted by atomic mass is 28.4. The number of rotatable bonds is 10. The van der Waals surface area contributed by atoms with Crippen molar-refractivity contribution in [3.63, 3.8) is 0 Å². The zero-order valence-corrected chi connectivity index (χ0v) is 15.4. The average molecular weight is 315 g/mol. The Kier molecular flexibility index (Phi) is 6.72. The third-order valence-corrected chi connectivity index (χ3v) is 7.99. The molecule has 21 heavy (non-hydrogen) atoms. The van der Waals surface area contributed by atoms with E-state index in [1.807, 2.05) is 0 Å². The maximum Gasteiger partial charge on any atom is 0.334 e. The minimum absolute atomic E-state index is 0.387. The molecule has 0 aromatic heterocycles. The second kappa shape index (κ2) is 8.09. The molecule has 0 aromatic rings. The molecule has 2 aliphatic rings. The standard InChI is InChI=1S/C17H34O3Si/c1-5-8-12-18-21(4,7-3)20-15(9-6-2)14-10-11-16-17(13-14)19-16/h14-17H,5-13H2,1-4H3. The first-order valence-electron chi connectivity index (χ1n) is 9.09. The lowest BCUT2D eigenvalue weighted by atomic mass is 9.84. The summed E-state index contributed by atoms with van der Waals surface area (Å²) in [6, 6.07) is 1.05. The lowest BCUT2D eigenvalue weighted by Gasteiger charge is -2.36. The van der Waals surface area contributed by atoms with Gasteiger partial charge in [0.2, 0.25) is 0 Å². The summed E-state index contributed by atoms with van der Waals surface area (Å²) >= 11 is 0. The van der Waals surface area contributed by atoms with Gasteiger partial charge in [-0.3, -0.25) is 0 Å². The summed E-state index contributed by atoms with van der Waals surface area (Å²) in [5.41, 5.74) is 0. The topological polar surface area (TPSA) is 31.0 Å². The quantitative estimate of drug-likeness (QED) is 0.334. The SMILES string of the molecule is CCCCO[Si](C)(CC)OC(CCC)C1CCC2OC2C1. The number of hydrogen-bond donors (Lipinski definition) is 0. The number of ether oxygens (including phenoxy) is 1. The van der Waals surface area contributed by atoms with Gasteiger partial charge in [-0.25, -0.2) is 0 Å². The maximum absolute atomic E-state index is 6.64. The minimum atomic E-state index is -1.99. The molecule has 1 aliphatic heterocycles. The highest BCUT2D eigenvalue weighted by Gasteiger charge is 2.46. The first-order valence-corrected chi connectivity index (χ1v) is 11.6. The molecule has 2 rings (SSSR count). The van der Waals surface area contributed by atoms with Crippen molar-refractivity contribution in [2.75, 3.05) is 6.61 Å². The van der Waals surface area contributed by atoms with Crippen molar-refractivity contribution in [2.45, 2.75) is 96.6 Å². The molecule has 0 N–H and O–H groups in total. The molecule has 0 amide bonds. The van der Waals surface area contributed by atoms with Crippen molar-refractivity contribution in [3.8, 4) is 0 Å². The molecular weight excluding hydrogens is 280 g/mol. The molecule has 1 heterocycles. The fourth-order valence-corrected chi connectivity index (χ4v) is 5.39. The Morgan fingerprint density at radius 1 is 1.14 bits per heavy atom. The van der Waals surface area contributed by atoms with E-state index in [-0.39, 0.29) is 0 Å². The largest absolute Gasteiger partial charge is 0.394 e. The van der Waals surface area contributed by atoms with Crippen molar-refractivity contribution in [1.82, 2.24) is 0 Å². The van der Waals surface area contributed by atoms with Crippen molar-refractivity contribution < 1.29 is 13.6 Å². The summed E-state index contributed by atoms with van der Waals surface area (Å²) in [5.74, 6) is 0.682. The maximum atomic E-state index is 6.64. The number of fused-ring (bicyclic) bond motifs is 1. The van der Waals surface area contributed by atoms with Crippen LogP contribution in [0.25, 0.3) is 0 Å². The van der Waals surface area contributed by atoms with Crippen LogP contribution in [0.5, 0.6) is 0 Å². The fourth-order valence-electron chi connectivity index (χ4n) is 3.42. The summed E-state index contributed by atoms with van der Waals surface area (Å²) in [6.07, 6.45) is 9.93. The van der Waals surface area contributed by atoms with E-state index in [1.54, 1.807) is 0 Å². The van der Waals surface area contributed by atoms with E-state index in [0.717, 1.165) is 19.1 Å². The van der Waals surface area contributed by atoms with Gasteiger partial charge in [0, 0.05) is 6.61 Å². The van der Waals surface area contributed by atoms with Gasteiger partial charge in [-0.15, -0.1) is 0 Å². The molecule has 3 nitrogen and oxygen atoms in total. The van der Waals surface area contributed by atoms with Crippen LogP contribution in [0, 0.1) is 5.92 Å². The van der Waals surface area contributed by atoms with Gasteiger partial charge in [-0.2, -0.15) is 0 Å². The lowest BCUT2D eigenvalue weighted by Crippen LogP contribution is -2.44. The van der Waals surface area contributed by atoms with E-state index in [1.165, 1.54) is 38.5 Å². The van der Waals surface area contributed by atoms with Gasteiger partial charge in [0.15, 0.2) is 0 Å². The zero-order chi connectivity index (χ0) is 15.3. The third kappa shape index (κ3) is 5.05. The van der Waals surface area contributed by atoms with E-state index in [0.29, 0.717) is 24.2 Å². The van der Waals surface area contributed by atoms with Crippen LogP contribution in [-0.4, -0.2) is 33.5 Å². The van der Waals surface area contributed by atoms with Gasteiger partial charge in [0.25, 0.3) is 0 Å². The van der Waals surface area contributed by atoms with Gasteiger partial charge < -0.3 is 13.6 Å². The Morgan fingerprint density at radius 3 is 2.57 bits per heavy atom. The van der Waals surface area contributed by atoms with Gasteiger partial charge in [0.1, 0.15) is 0 Å². The number of unbranched alkanes of at least 4 members (excludes halogenated alkanes) is 1. The molecule has 124 valence electrons. The van der Waals surface area contributed by atoms with E-state index in [4.69, 9.17) is 13.6 Å². The number of epoxide rings is 1. The predicted molar refractivity (Wildman–Crippen MR) is 88.7 cm³/mol. The van der Waals surface area contributed by atoms with Crippen molar-refractivity contribution in [3.05, 3.63) is 0 Å². The van der Waals surface area contributed by atoms with E-state index >= 15 is 0 Å². The molecule has 0 spiro atoms. The summed E-state index contributed by atoms with van der Waals surface area (Å²) in [4.78, 5) is 0. The van der Waals surface area contributed by atoms with Crippen molar-refractivity contribution in [2.24, 2.45) is 5.92 Å². The Hall–Kier alpha value is 0.0969. The predicted octanol–water partition coefficient (Wildman–Crippen LogP) is 4.65. The van der Waals surface area contributed by atoms with E-state index in [2.05, 4.69) is 27.3 Å². The molecule has 1 aliphatic carbocycles. The molecule has 0 bridgehead atoms. The second-order valence-corrected chi connectivity index (χ2v) is 10.4. The smallest absolute Gasteiger partial charge is 0.334 e. The van der Waals surface area contributed by atoms with Crippen LogP contribution in [0.2, 0.25) is 12.6 Å². The Balaban J connectivity index is 1.89. The van der Waals surface area contributed by atoms with Crippen LogP contribution in [-0.2, 0) is 13.6 Å². The molecule has 1 saturated carbocycles. The van der Waals surface area contributed by atoms with E-state index in [9.17, 15) is 0 Å².